The Morgan fingerprint density at radius 1 is 1.44 bits per heavy atom. The largest absolute Gasteiger partial charge is 0.383 e. The molecule has 0 saturated heterocycles. The number of hydrogen-bond acceptors (Lipinski definition) is 3. The molecular formula is C12H24N2O2. The van der Waals surface area contributed by atoms with Gasteiger partial charge in [-0.25, -0.2) is 0 Å². The Labute approximate surface area is 98.1 Å². The van der Waals surface area contributed by atoms with E-state index in [-0.39, 0.29) is 5.91 Å². The number of carbonyl (C=O) groups is 1. The van der Waals surface area contributed by atoms with Crippen LogP contribution in [0.3, 0.4) is 0 Å². The van der Waals surface area contributed by atoms with Crippen LogP contribution in [0.25, 0.3) is 0 Å². The molecule has 0 unspecified atom stereocenters. The van der Waals surface area contributed by atoms with Crippen molar-refractivity contribution >= 4 is 5.91 Å². The first-order valence-electron chi connectivity index (χ1n) is 6.19. The summed E-state index contributed by atoms with van der Waals surface area (Å²) in [5.74, 6) is 0.0580. The van der Waals surface area contributed by atoms with E-state index >= 15 is 0 Å². The smallest absolute Gasteiger partial charge is 0.234 e. The summed E-state index contributed by atoms with van der Waals surface area (Å²) in [4.78, 5) is 11.4. The van der Waals surface area contributed by atoms with Crippen LogP contribution in [-0.4, -0.2) is 39.3 Å². The molecule has 4 nitrogen and oxygen atoms in total. The average molecular weight is 228 g/mol. The molecule has 0 aliphatic heterocycles. The van der Waals surface area contributed by atoms with Gasteiger partial charge in [0.15, 0.2) is 0 Å². The van der Waals surface area contributed by atoms with Crippen molar-refractivity contribution in [1.29, 1.82) is 0 Å². The van der Waals surface area contributed by atoms with Crippen LogP contribution in [0.2, 0.25) is 0 Å². The molecule has 1 rings (SSSR count). The fourth-order valence-electron chi connectivity index (χ4n) is 2.13. The number of methoxy groups -OCH3 is 1. The van der Waals surface area contributed by atoms with E-state index in [0.717, 1.165) is 6.54 Å². The average Bonchev–Trinajstić information content (AvgIpc) is 2.22. The standard InChI is InChI=1S/C12H24N2O2/c1-3-12(5-4-6-12)10-13-9-11(15)14-7-8-16-2/h13H,3-10H2,1-2H3,(H,14,15). The lowest BCUT2D eigenvalue weighted by Crippen LogP contribution is -2.43. The number of hydrogen-bond donors (Lipinski definition) is 2. The lowest BCUT2D eigenvalue weighted by molar-refractivity contribution is -0.120. The third-order valence-corrected chi connectivity index (χ3v) is 3.58. The Hall–Kier alpha value is -0.610. The first-order valence-corrected chi connectivity index (χ1v) is 6.19. The molecule has 0 aromatic carbocycles. The molecule has 1 amide bonds. The lowest BCUT2D eigenvalue weighted by Gasteiger charge is -2.41. The molecule has 16 heavy (non-hydrogen) atoms. The summed E-state index contributed by atoms with van der Waals surface area (Å²) in [6.45, 7) is 4.80. The van der Waals surface area contributed by atoms with Crippen LogP contribution in [0, 0.1) is 5.41 Å². The molecule has 0 spiro atoms. The van der Waals surface area contributed by atoms with Crippen LogP contribution in [0.4, 0.5) is 0 Å². The summed E-state index contributed by atoms with van der Waals surface area (Å²) in [6.07, 6.45) is 5.17. The van der Waals surface area contributed by atoms with Crippen molar-refractivity contribution < 1.29 is 9.53 Å². The predicted octanol–water partition coefficient (Wildman–Crippen LogP) is 0.919. The molecule has 1 fully saturated rings. The highest BCUT2D eigenvalue weighted by atomic mass is 16.5. The summed E-state index contributed by atoms with van der Waals surface area (Å²) in [6, 6.07) is 0. The predicted molar refractivity (Wildman–Crippen MR) is 64.3 cm³/mol. The van der Waals surface area contributed by atoms with Crippen LogP contribution in [0.5, 0.6) is 0 Å². The Kier molecular flexibility index (Phi) is 5.77. The van der Waals surface area contributed by atoms with Gasteiger partial charge < -0.3 is 15.4 Å². The van der Waals surface area contributed by atoms with Crippen molar-refractivity contribution in [2.24, 2.45) is 5.41 Å². The zero-order chi connectivity index (χ0) is 11.9. The molecule has 1 saturated carbocycles. The number of carbonyl (C=O) groups excluding carboxylic acids is 1. The van der Waals surface area contributed by atoms with E-state index < -0.39 is 0 Å². The summed E-state index contributed by atoms with van der Waals surface area (Å²) < 4.78 is 4.86. The van der Waals surface area contributed by atoms with E-state index in [1.165, 1.54) is 25.7 Å². The molecule has 0 aromatic rings. The van der Waals surface area contributed by atoms with Crippen LogP contribution in [0.15, 0.2) is 0 Å². The van der Waals surface area contributed by atoms with Crippen molar-refractivity contribution in [3.63, 3.8) is 0 Å². The minimum absolute atomic E-state index is 0.0580. The number of ether oxygens (including phenoxy) is 1. The van der Waals surface area contributed by atoms with Gasteiger partial charge in [-0.15, -0.1) is 0 Å². The number of amides is 1. The van der Waals surface area contributed by atoms with Gasteiger partial charge in [0, 0.05) is 20.2 Å². The molecule has 0 radical (unpaired) electrons. The first kappa shape index (κ1) is 13.5. The number of nitrogens with one attached hydrogen (secondary N) is 2. The van der Waals surface area contributed by atoms with E-state index in [4.69, 9.17) is 4.74 Å². The highest BCUT2D eigenvalue weighted by Gasteiger charge is 2.34. The van der Waals surface area contributed by atoms with Gasteiger partial charge in [-0.1, -0.05) is 13.3 Å². The minimum atomic E-state index is 0.0580. The van der Waals surface area contributed by atoms with Gasteiger partial charge in [0.2, 0.25) is 5.91 Å². The highest BCUT2D eigenvalue weighted by Crippen LogP contribution is 2.42. The summed E-state index contributed by atoms with van der Waals surface area (Å²) in [5.41, 5.74) is 0.479. The molecule has 1 aliphatic rings. The monoisotopic (exact) mass is 228 g/mol. The van der Waals surface area contributed by atoms with Crippen molar-refractivity contribution in [1.82, 2.24) is 10.6 Å². The normalized spacial score (nSPS) is 17.9. The molecule has 0 bridgehead atoms. The van der Waals surface area contributed by atoms with Crippen molar-refractivity contribution in [3.05, 3.63) is 0 Å². The van der Waals surface area contributed by atoms with E-state index in [0.29, 0.717) is 25.1 Å². The second-order valence-electron chi connectivity index (χ2n) is 4.65. The van der Waals surface area contributed by atoms with E-state index in [1.807, 2.05) is 0 Å². The van der Waals surface area contributed by atoms with Crippen molar-refractivity contribution in [2.75, 3.05) is 33.4 Å². The molecule has 94 valence electrons. The van der Waals surface area contributed by atoms with Crippen LogP contribution in [-0.2, 0) is 9.53 Å². The third-order valence-electron chi connectivity index (χ3n) is 3.58. The fraction of sp³-hybridized carbons (Fsp3) is 0.917. The molecule has 0 atom stereocenters. The highest BCUT2D eigenvalue weighted by molar-refractivity contribution is 5.77. The van der Waals surface area contributed by atoms with E-state index in [9.17, 15) is 4.79 Å². The summed E-state index contributed by atoms with van der Waals surface area (Å²) in [7, 11) is 1.63. The maximum Gasteiger partial charge on any atom is 0.234 e. The SMILES string of the molecule is CCC1(CNCC(=O)NCCOC)CCC1. The quantitative estimate of drug-likeness (QED) is 0.607. The molecule has 4 heteroatoms. The topological polar surface area (TPSA) is 50.4 Å². The second kappa shape index (κ2) is 6.86. The second-order valence-corrected chi connectivity index (χ2v) is 4.65. The molecular weight excluding hydrogens is 204 g/mol. The Morgan fingerprint density at radius 2 is 2.19 bits per heavy atom. The van der Waals surface area contributed by atoms with Crippen LogP contribution < -0.4 is 10.6 Å². The Morgan fingerprint density at radius 3 is 2.69 bits per heavy atom. The van der Waals surface area contributed by atoms with E-state index in [2.05, 4.69) is 17.6 Å². The molecule has 0 heterocycles. The van der Waals surface area contributed by atoms with Crippen LogP contribution in [0.1, 0.15) is 32.6 Å². The Balaban J connectivity index is 2.03. The van der Waals surface area contributed by atoms with Crippen LogP contribution >= 0.6 is 0 Å². The maximum atomic E-state index is 11.4. The number of rotatable bonds is 8. The van der Waals surface area contributed by atoms with Crippen molar-refractivity contribution in [3.8, 4) is 0 Å². The third kappa shape index (κ3) is 4.10. The summed E-state index contributed by atoms with van der Waals surface area (Å²) in [5, 5.41) is 6.05. The summed E-state index contributed by atoms with van der Waals surface area (Å²) >= 11 is 0. The fourth-order valence-corrected chi connectivity index (χ4v) is 2.13. The molecule has 1 aliphatic carbocycles. The maximum absolute atomic E-state index is 11.4. The van der Waals surface area contributed by atoms with Gasteiger partial charge in [0.1, 0.15) is 0 Å². The zero-order valence-corrected chi connectivity index (χ0v) is 10.5. The lowest BCUT2D eigenvalue weighted by atomic mass is 9.67. The van der Waals surface area contributed by atoms with Gasteiger partial charge in [-0.3, -0.25) is 4.79 Å². The first-order chi connectivity index (χ1) is 7.72. The molecule has 2 N–H and O–H groups in total. The van der Waals surface area contributed by atoms with Crippen molar-refractivity contribution in [2.45, 2.75) is 32.6 Å². The zero-order valence-electron chi connectivity index (χ0n) is 10.5. The van der Waals surface area contributed by atoms with Gasteiger partial charge in [0.05, 0.1) is 13.2 Å². The molecule has 0 aromatic heterocycles. The minimum Gasteiger partial charge on any atom is -0.383 e. The van der Waals surface area contributed by atoms with Gasteiger partial charge in [0.25, 0.3) is 0 Å². The van der Waals surface area contributed by atoms with Gasteiger partial charge in [-0.05, 0) is 24.7 Å². The van der Waals surface area contributed by atoms with E-state index in [1.54, 1.807) is 7.11 Å². The van der Waals surface area contributed by atoms with Gasteiger partial charge >= 0.3 is 0 Å². The van der Waals surface area contributed by atoms with Gasteiger partial charge in [-0.2, -0.15) is 0 Å². The Bertz CT molecular complexity index is 210.